The fraction of sp³-hybridized carbons (Fsp3) is 0.455. The van der Waals surface area contributed by atoms with Gasteiger partial charge in [-0.1, -0.05) is 34.9 Å². The summed E-state index contributed by atoms with van der Waals surface area (Å²) in [6, 6.07) is 0. The molecule has 0 saturated carbocycles. The van der Waals surface area contributed by atoms with Crippen molar-refractivity contribution < 1.29 is 13.3 Å². The van der Waals surface area contributed by atoms with E-state index in [1.165, 1.54) is 16.7 Å². The Bertz CT molecular complexity index is 546. The van der Waals surface area contributed by atoms with E-state index in [-0.39, 0.29) is 0 Å². The zero-order valence-electron chi connectivity index (χ0n) is 18.2. The highest BCUT2D eigenvalue weighted by Crippen LogP contribution is 2.21. The van der Waals surface area contributed by atoms with E-state index in [4.69, 9.17) is 13.3 Å². The molecule has 0 spiro atoms. The van der Waals surface area contributed by atoms with Gasteiger partial charge in [-0.2, -0.15) is 0 Å². The molecule has 146 valence electrons. The Hall–Kier alpha value is -1.94. The average molecular weight is 377 g/mol. The third-order valence-electron chi connectivity index (χ3n) is 2.99. The second-order valence-electron chi connectivity index (χ2n) is 7.23. The van der Waals surface area contributed by atoms with Gasteiger partial charge < -0.3 is 13.3 Å². The predicted octanol–water partition coefficient (Wildman–Crippen LogP) is 7.21. The zero-order valence-corrected chi connectivity index (χ0v) is 19.2. The SMILES string of the molecule is CC(C)=C/C=C(\C)O[Si](C)(O/C(C)=C/C=C(C)C)O/C(C)=C/C=C(C)C. The van der Waals surface area contributed by atoms with Gasteiger partial charge in [0.25, 0.3) is 0 Å². The van der Waals surface area contributed by atoms with Crippen LogP contribution in [0.25, 0.3) is 0 Å². The maximum atomic E-state index is 6.13. The standard InChI is InChI=1S/C22H36O3Si/c1-17(2)11-14-20(7)23-26(10,24-21(8)15-12-18(3)4)25-22(9)16-13-19(5)6/h11-16H,1-10H3/b20-14+,21-15+,22-16+. The molecule has 0 aliphatic carbocycles. The van der Waals surface area contributed by atoms with Crippen LogP contribution in [0.3, 0.4) is 0 Å². The summed E-state index contributed by atoms with van der Waals surface area (Å²) in [4.78, 5) is 0. The van der Waals surface area contributed by atoms with E-state index in [0.717, 1.165) is 17.3 Å². The van der Waals surface area contributed by atoms with Crippen LogP contribution in [-0.4, -0.2) is 8.80 Å². The molecule has 0 N–H and O–H groups in total. The normalized spacial score (nSPS) is 12.9. The first kappa shape index (κ1) is 24.1. The van der Waals surface area contributed by atoms with Crippen LogP contribution < -0.4 is 0 Å². The molecule has 0 aliphatic heterocycles. The number of hydrogen-bond acceptors (Lipinski definition) is 3. The molecule has 0 saturated heterocycles. The Labute approximate surface area is 161 Å². The summed E-state index contributed by atoms with van der Waals surface area (Å²) >= 11 is 0. The third kappa shape index (κ3) is 12.4. The number of rotatable bonds is 9. The van der Waals surface area contributed by atoms with Crippen molar-refractivity contribution in [1.29, 1.82) is 0 Å². The van der Waals surface area contributed by atoms with Gasteiger partial charge in [0.05, 0.1) is 17.3 Å². The van der Waals surface area contributed by atoms with E-state index in [1.54, 1.807) is 0 Å². The van der Waals surface area contributed by atoms with Gasteiger partial charge in [0.2, 0.25) is 0 Å². The highest BCUT2D eigenvalue weighted by atomic mass is 28.4. The van der Waals surface area contributed by atoms with Crippen molar-refractivity contribution >= 4 is 8.80 Å². The third-order valence-corrected chi connectivity index (χ3v) is 5.07. The summed E-state index contributed by atoms with van der Waals surface area (Å²) in [6.07, 6.45) is 11.9. The van der Waals surface area contributed by atoms with E-state index < -0.39 is 8.80 Å². The van der Waals surface area contributed by atoms with Gasteiger partial charge >= 0.3 is 8.80 Å². The quantitative estimate of drug-likeness (QED) is 0.241. The van der Waals surface area contributed by atoms with E-state index in [0.29, 0.717) is 0 Å². The van der Waals surface area contributed by atoms with Crippen molar-refractivity contribution in [1.82, 2.24) is 0 Å². The maximum absolute atomic E-state index is 6.13. The minimum Gasteiger partial charge on any atom is -0.488 e. The van der Waals surface area contributed by atoms with Crippen molar-refractivity contribution in [2.75, 3.05) is 0 Å². The lowest BCUT2D eigenvalue weighted by atomic mass is 10.3. The first-order valence-electron chi connectivity index (χ1n) is 8.96. The van der Waals surface area contributed by atoms with Crippen LogP contribution in [0.1, 0.15) is 62.3 Å². The first-order valence-corrected chi connectivity index (χ1v) is 11.2. The minimum absolute atomic E-state index is 0.769. The molecule has 0 heterocycles. The Balaban J connectivity index is 5.56. The molecule has 0 amide bonds. The molecular formula is C22H36O3Si. The molecule has 0 aromatic heterocycles. The Morgan fingerprint density at radius 2 is 0.692 bits per heavy atom. The highest BCUT2D eigenvalue weighted by molar-refractivity contribution is 6.60. The lowest BCUT2D eigenvalue weighted by Gasteiger charge is -2.28. The van der Waals surface area contributed by atoms with Gasteiger partial charge in [-0.05, 0) is 80.5 Å². The number of hydrogen-bond donors (Lipinski definition) is 0. The summed E-state index contributed by atoms with van der Waals surface area (Å²) in [5, 5.41) is 0. The summed E-state index contributed by atoms with van der Waals surface area (Å²) < 4.78 is 18.4. The first-order chi connectivity index (χ1) is 11.9. The molecule has 0 bridgehead atoms. The summed E-state index contributed by atoms with van der Waals surface area (Å²) in [5.74, 6) is 2.31. The van der Waals surface area contributed by atoms with Crippen LogP contribution in [0.15, 0.2) is 70.5 Å². The van der Waals surface area contributed by atoms with E-state index in [2.05, 4.69) is 0 Å². The van der Waals surface area contributed by atoms with Crippen molar-refractivity contribution in [2.45, 2.75) is 68.9 Å². The fourth-order valence-corrected chi connectivity index (χ4v) is 3.98. The molecule has 3 nitrogen and oxygen atoms in total. The average Bonchev–Trinajstić information content (AvgIpc) is 2.48. The molecule has 0 fully saturated rings. The molecule has 0 radical (unpaired) electrons. The second kappa shape index (κ2) is 11.6. The monoisotopic (exact) mass is 376 g/mol. The van der Waals surface area contributed by atoms with Crippen LogP contribution in [-0.2, 0) is 13.3 Å². The van der Waals surface area contributed by atoms with Gasteiger partial charge in [0.15, 0.2) is 0 Å². The topological polar surface area (TPSA) is 27.7 Å². The maximum Gasteiger partial charge on any atom is 0.695 e. The molecule has 0 aliphatic rings. The Morgan fingerprint density at radius 3 is 0.885 bits per heavy atom. The molecule has 0 aromatic carbocycles. The fourth-order valence-electron chi connectivity index (χ4n) is 1.89. The van der Waals surface area contributed by atoms with Crippen LogP contribution in [0.4, 0.5) is 0 Å². The summed E-state index contributed by atoms with van der Waals surface area (Å²) in [6.45, 7) is 20.0. The van der Waals surface area contributed by atoms with Crippen molar-refractivity contribution in [3.05, 3.63) is 70.5 Å². The molecular weight excluding hydrogens is 340 g/mol. The molecule has 0 rings (SSSR count). The Morgan fingerprint density at radius 1 is 0.462 bits per heavy atom. The van der Waals surface area contributed by atoms with Crippen LogP contribution >= 0.6 is 0 Å². The minimum atomic E-state index is -2.95. The molecule has 4 heteroatoms. The zero-order chi connectivity index (χ0) is 20.3. The Kier molecular flexibility index (Phi) is 10.8. The van der Waals surface area contributed by atoms with Crippen LogP contribution in [0.2, 0.25) is 6.55 Å². The van der Waals surface area contributed by atoms with Gasteiger partial charge in [0, 0.05) is 6.55 Å². The van der Waals surface area contributed by atoms with Gasteiger partial charge in [-0.25, -0.2) is 0 Å². The molecule has 0 aromatic rings. The smallest absolute Gasteiger partial charge is 0.488 e. The van der Waals surface area contributed by atoms with Crippen LogP contribution in [0.5, 0.6) is 0 Å². The van der Waals surface area contributed by atoms with Crippen molar-refractivity contribution in [2.24, 2.45) is 0 Å². The largest absolute Gasteiger partial charge is 0.695 e. The lowest BCUT2D eigenvalue weighted by molar-refractivity contribution is 0.151. The van der Waals surface area contributed by atoms with Gasteiger partial charge in [-0.3, -0.25) is 0 Å². The molecule has 0 atom stereocenters. The van der Waals surface area contributed by atoms with Gasteiger partial charge in [0.1, 0.15) is 0 Å². The summed E-state index contributed by atoms with van der Waals surface area (Å²) in [5.41, 5.74) is 3.62. The van der Waals surface area contributed by atoms with Gasteiger partial charge in [-0.15, -0.1) is 0 Å². The summed E-state index contributed by atoms with van der Waals surface area (Å²) in [7, 11) is -2.95. The second-order valence-corrected chi connectivity index (χ2v) is 9.57. The van der Waals surface area contributed by atoms with E-state index >= 15 is 0 Å². The van der Waals surface area contributed by atoms with Crippen LogP contribution in [0, 0.1) is 0 Å². The van der Waals surface area contributed by atoms with Crippen molar-refractivity contribution in [3.8, 4) is 0 Å². The molecule has 0 unspecified atom stereocenters. The number of allylic oxidation sites excluding steroid dienone is 12. The van der Waals surface area contributed by atoms with E-state index in [9.17, 15) is 0 Å². The predicted molar refractivity (Wildman–Crippen MR) is 114 cm³/mol. The lowest BCUT2D eigenvalue weighted by Crippen LogP contribution is -2.41. The van der Waals surface area contributed by atoms with Crippen molar-refractivity contribution in [3.63, 3.8) is 0 Å². The highest BCUT2D eigenvalue weighted by Gasteiger charge is 2.42. The van der Waals surface area contributed by atoms with E-state index in [1.807, 2.05) is 105 Å². The molecule has 26 heavy (non-hydrogen) atoms.